The molecule has 0 fully saturated rings. The molecule has 0 unspecified atom stereocenters. The maximum absolute atomic E-state index is 4.05. The molecule has 0 atom stereocenters. The number of hydrogen-bond donors (Lipinski definition) is 1. The van der Waals surface area contributed by atoms with Crippen molar-refractivity contribution >= 4 is 5.69 Å². The summed E-state index contributed by atoms with van der Waals surface area (Å²) in [6.45, 7) is 1.11. The monoisotopic (exact) mass is 238 g/mol. The Balaban J connectivity index is 1.70. The fourth-order valence-electron chi connectivity index (χ4n) is 2.52. The minimum atomic E-state index is 1.09. The van der Waals surface area contributed by atoms with Gasteiger partial charge in [0.2, 0.25) is 0 Å². The summed E-state index contributed by atoms with van der Waals surface area (Å²) in [6.07, 6.45) is 8.40. The van der Waals surface area contributed by atoms with E-state index < -0.39 is 0 Å². The van der Waals surface area contributed by atoms with Gasteiger partial charge in [0.25, 0.3) is 0 Å². The normalized spacial score (nSPS) is 13.8. The second-order valence-electron chi connectivity index (χ2n) is 4.88. The summed E-state index contributed by atoms with van der Waals surface area (Å²) in [6, 6.07) is 11.0. The third kappa shape index (κ3) is 2.53. The van der Waals surface area contributed by atoms with E-state index in [1.54, 1.807) is 0 Å². The van der Waals surface area contributed by atoms with Gasteiger partial charge in [-0.15, -0.1) is 0 Å². The zero-order valence-electron chi connectivity index (χ0n) is 10.5. The first-order valence-corrected chi connectivity index (χ1v) is 6.66. The van der Waals surface area contributed by atoms with E-state index in [2.05, 4.69) is 40.6 Å². The molecule has 0 aliphatic carbocycles. The molecule has 2 heteroatoms. The van der Waals surface area contributed by atoms with Gasteiger partial charge < -0.3 is 5.32 Å². The van der Waals surface area contributed by atoms with E-state index in [-0.39, 0.29) is 0 Å². The Kier molecular flexibility index (Phi) is 3.26. The van der Waals surface area contributed by atoms with Gasteiger partial charge in [0.1, 0.15) is 0 Å². The topological polar surface area (TPSA) is 24.9 Å². The van der Waals surface area contributed by atoms with E-state index in [4.69, 9.17) is 0 Å². The molecule has 18 heavy (non-hydrogen) atoms. The van der Waals surface area contributed by atoms with Crippen molar-refractivity contribution in [3.8, 4) is 0 Å². The van der Waals surface area contributed by atoms with Gasteiger partial charge in [0.15, 0.2) is 0 Å². The zero-order valence-corrected chi connectivity index (χ0v) is 10.5. The van der Waals surface area contributed by atoms with Crippen molar-refractivity contribution in [1.29, 1.82) is 0 Å². The van der Waals surface area contributed by atoms with Crippen LogP contribution < -0.4 is 5.32 Å². The number of aryl methyl sites for hydroxylation is 3. The third-order valence-corrected chi connectivity index (χ3v) is 3.56. The Morgan fingerprint density at radius 2 is 1.83 bits per heavy atom. The average molecular weight is 238 g/mol. The third-order valence-electron chi connectivity index (χ3n) is 3.56. The van der Waals surface area contributed by atoms with E-state index in [1.807, 2.05) is 12.4 Å². The van der Waals surface area contributed by atoms with Crippen LogP contribution >= 0.6 is 0 Å². The van der Waals surface area contributed by atoms with Crippen LogP contribution in [-0.4, -0.2) is 11.5 Å². The lowest BCUT2D eigenvalue weighted by molar-refractivity contribution is 0.825. The summed E-state index contributed by atoms with van der Waals surface area (Å²) in [5.41, 5.74) is 5.61. The first-order valence-electron chi connectivity index (χ1n) is 6.66. The smallest absolute Gasteiger partial charge is 0.0372 e. The Hall–Kier alpha value is -1.83. The van der Waals surface area contributed by atoms with Gasteiger partial charge in [0.05, 0.1) is 0 Å². The molecule has 1 N–H and O–H groups in total. The Bertz CT molecular complexity index is 520. The molecule has 2 heterocycles. The largest absolute Gasteiger partial charge is 0.385 e. The van der Waals surface area contributed by atoms with Crippen LogP contribution in [0, 0.1) is 0 Å². The second kappa shape index (κ2) is 5.21. The number of nitrogens with zero attached hydrogens (tertiary/aromatic N) is 1. The van der Waals surface area contributed by atoms with E-state index in [9.17, 15) is 0 Å². The molecule has 1 aromatic heterocycles. The Labute approximate surface area is 108 Å². The summed E-state index contributed by atoms with van der Waals surface area (Å²) in [5, 5.41) is 3.46. The molecule has 3 rings (SSSR count). The molecular weight excluding hydrogens is 220 g/mol. The lowest BCUT2D eigenvalue weighted by Crippen LogP contribution is -2.11. The highest BCUT2D eigenvalue weighted by Gasteiger charge is 2.08. The van der Waals surface area contributed by atoms with E-state index in [1.165, 1.54) is 35.2 Å². The van der Waals surface area contributed by atoms with Crippen molar-refractivity contribution in [3.05, 3.63) is 59.4 Å². The number of pyridine rings is 1. The first kappa shape index (κ1) is 11.3. The van der Waals surface area contributed by atoms with Gasteiger partial charge >= 0.3 is 0 Å². The van der Waals surface area contributed by atoms with Crippen LogP contribution in [0.4, 0.5) is 5.69 Å². The predicted octanol–water partition coefficient (Wildman–Crippen LogP) is 3.22. The number of aromatic nitrogens is 1. The average Bonchev–Trinajstić information content (AvgIpc) is 2.46. The van der Waals surface area contributed by atoms with Crippen molar-refractivity contribution < 1.29 is 0 Å². The highest BCUT2D eigenvalue weighted by atomic mass is 14.9. The molecule has 1 aliphatic heterocycles. The number of fused-ring (bicyclic) bond motifs is 1. The van der Waals surface area contributed by atoms with E-state index >= 15 is 0 Å². The molecular formula is C16H18N2. The molecule has 92 valence electrons. The van der Waals surface area contributed by atoms with Crippen LogP contribution in [0.25, 0.3) is 0 Å². The first-order chi connectivity index (χ1) is 8.92. The maximum atomic E-state index is 4.05. The predicted molar refractivity (Wildman–Crippen MR) is 74.9 cm³/mol. The van der Waals surface area contributed by atoms with Crippen LogP contribution in [0.1, 0.15) is 23.1 Å². The molecule has 0 radical (unpaired) electrons. The number of anilines is 1. The van der Waals surface area contributed by atoms with Crippen molar-refractivity contribution in [3.63, 3.8) is 0 Å². The quantitative estimate of drug-likeness (QED) is 0.888. The Morgan fingerprint density at radius 1 is 1.00 bits per heavy atom. The number of nitrogens with one attached hydrogen (secondary N) is 1. The standard InChI is InChI=1S/C16H18N2/c1-2-15-12-14(5-6-16(15)18-9-1)4-3-13-7-10-17-11-8-13/h5-8,10-12,18H,1-4,9H2. The summed E-state index contributed by atoms with van der Waals surface area (Å²) in [5.74, 6) is 0. The molecule has 2 nitrogen and oxygen atoms in total. The second-order valence-corrected chi connectivity index (χ2v) is 4.88. The summed E-state index contributed by atoms with van der Waals surface area (Å²) in [4.78, 5) is 4.05. The van der Waals surface area contributed by atoms with Crippen LogP contribution in [0.5, 0.6) is 0 Å². The molecule has 1 aromatic carbocycles. The van der Waals surface area contributed by atoms with Crippen molar-refractivity contribution in [2.24, 2.45) is 0 Å². The highest BCUT2D eigenvalue weighted by Crippen LogP contribution is 2.23. The molecule has 2 aromatic rings. The Morgan fingerprint density at radius 3 is 2.72 bits per heavy atom. The van der Waals surface area contributed by atoms with Gasteiger partial charge in [-0.05, 0) is 60.6 Å². The molecule has 0 amide bonds. The van der Waals surface area contributed by atoms with Gasteiger partial charge in [-0.2, -0.15) is 0 Å². The van der Waals surface area contributed by atoms with Gasteiger partial charge in [0, 0.05) is 24.6 Å². The molecule has 0 bridgehead atoms. The number of benzene rings is 1. The molecule has 0 saturated heterocycles. The fraction of sp³-hybridized carbons (Fsp3) is 0.312. The molecule has 1 aliphatic rings. The lowest BCUT2D eigenvalue weighted by Gasteiger charge is -2.18. The van der Waals surface area contributed by atoms with Crippen LogP contribution in [0.3, 0.4) is 0 Å². The maximum Gasteiger partial charge on any atom is 0.0372 e. The minimum Gasteiger partial charge on any atom is -0.385 e. The zero-order chi connectivity index (χ0) is 12.2. The molecule has 0 saturated carbocycles. The molecule has 0 spiro atoms. The summed E-state index contributed by atoms with van der Waals surface area (Å²) in [7, 11) is 0. The summed E-state index contributed by atoms with van der Waals surface area (Å²) < 4.78 is 0. The van der Waals surface area contributed by atoms with E-state index in [0.717, 1.165) is 19.4 Å². The van der Waals surface area contributed by atoms with Crippen LogP contribution in [0.15, 0.2) is 42.7 Å². The van der Waals surface area contributed by atoms with Gasteiger partial charge in [-0.25, -0.2) is 0 Å². The number of rotatable bonds is 3. The highest BCUT2D eigenvalue weighted by molar-refractivity contribution is 5.54. The van der Waals surface area contributed by atoms with Gasteiger partial charge in [-0.1, -0.05) is 12.1 Å². The van der Waals surface area contributed by atoms with Crippen molar-refractivity contribution in [2.45, 2.75) is 25.7 Å². The van der Waals surface area contributed by atoms with Crippen molar-refractivity contribution in [1.82, 2.24) is 4.98 Å². The van der Waals surface area contributed by atoms with Crippen LogP contribution in [-0.2, 0) is 19.3 Å². The SMILES string of the molecule is c1cc(CCc2ccc3c(c2)CCCN3)ccn1. The minimum absolute atomic E-state index is 1.09. The van der Waals surface area contributed by atoms with Crippen LogP contribution in [0.2, 0.25) is 0 Å². The van der Waals surface area contributed by atoms with Gasteiger partial charge in [-0.3, -0.25) is 4.98 Å². The van der Waals surface area contributed by atoms with Crippen molar-refractivity contribution in [2.75, 3.05) is 11.9 Å². The fourth-order valence-corrected chi connectivity index (χ4v) is 2.52. The lowest BCUT2D eigenvalue weighted by atomic mass is 9.98. The summed E-state index contributed by atoms with van der Waals surface area (Å²) >= 11 is 0. The van der Waals surface area contributed by atoms with E-state index in [0.29, 0.717) is 0 Å². The number of hydrogen-bond acceptors (Lipinski definition) is 2.